The Bertz CT molecular complexity index is 1140. The highest BCUT2D eigenvalue weighted by Crippen LogP contribution is 2.48. The molecule has 2 aromatic rings. The van der Waals surface area contributed by atoms with E-state index in [1.54, 1.807) is 4.90 Å². The van der Waals surface area contributed by atoms with E-state index in [9.17, 15) is 26.7 Å². The van der Waals surface area contributed by atoms with E-state index in [0.29, 0.717) is 24.1 Å². The molecule has 2 aliphatic heterocycles. The van der Waals surface area contributed by atoms with E-state index in [0.717, 1.165) is 31.0 Å². The molecule has 10 heteroatoms. The van der Waals surface area contributed by atoms with Gasteiger partial charge in [0.25, 0.3) is 0 Å². The van der Waals surface area contributed by atoms with Crippen LogP contribution in [0.4, 0.5) is 22.0 Å². The summed E-state index contributed by atoms with van der Waals surface area (Å²) in [5.41, 5.74) is -0.917. The number of nitrogens with zero attached hydrogens (tertiary/aromatic N) is 1. The molecule has 2 atom stereocenters. The number of hydrogen-bond donors (Lipinski definition) is 1. The second-order valence-corrected chi connectivity index (χ2v) is 9.46. The van der Waals surface area contributed by atoms with Gasteiger partial charge in [0, 0.05) is 19.1 Å². The minimum absolute atomic E-state index is 0.0548. The zero-order chi connectivity index (χ0) is 24.3. The van der Waals surface area contributed by atoms with Gasteiger partial charge in [-0.25, -0.2) is 8.78 Å². The molecule has 2 aromatic carbocycles. The molecule has 1 unspecified atom stereocenters. The van der Waals surface area contributed by atoms with Crippen molar-refractivity contribution in [2.75, 3.05) is 13.1 Å². The molecule has 0 aromatic heterocycles. The maximum absolute atomic E-state index is 14.2. The quantitative estimate of drug-likeness (QED) is 0.589. The zero-order valence-corrected chi connectivity index (χ0v) is 18.8. The predicted octanol–water partition coefficient (Wildman–Crippen LogP) is 5.16. The van der Waals surface area contributed by atoms with Gasteiger partial charge in [-0.1, -0.05) is 23.7 Å². The summed E-state index contributed by atoms with van der Waals surface area (Å²) >= 11 is 6.10. The van der Waals surface area contributed by atoms with E-state index < -0.39 is 39.9 Å². The van der Waals surface area contributed by atoms with Crippen molar-refractivity contribution in [3.05, 3.63) is 69.2 Å². The largest absolute Gasteiger partial charge is 0.417 e. The first-order valence-corrected chi connectivity index (χ1v) is 11.5. The number of alkyl halides is 3. The van der Waals surface area contributed by atoms with Gasteiger partial charge in [-0.15, -0.1) is 0 Å². The molecule has 0 bridgehead atoms. The van der Waals surface area contributed by atoms with Crippen molar-refractivity contribution < 1.29 is 31.5 Å². The van der Waals surface area contributed by atoms with Crippen LogP contribution in [-0.2, 0) is 34.5 Å². The summed E-state index contributed by atoms with van der Waals surface area (Å²) in [6, 6.07) is 5.75. The SMILES string of the molecule is O=C(C1CNCC[C@@]12OCc1cc(F)c(F)cc12)N(Cc1cccc(C(F)(F)F)c1Cl)C1CC1. The second kappa shape index (κ2) is 8.46. The van der Waals surface area contributed by atoms with Gasteiger partial charge in [-0.2, -0.15) is 13.2 Å². The van der Waals surface area contributed by atoms with Crippen LogP contribution in [0.15, 0.2) is 30.3 Å². The Morgan fingerprint density at radius 1 is 1.21 bits per heavy atom. The molecule has 182 valence electrons. The Labute approximate surface area is 198 Å². The maximum Gasteiger partial charge on any atom is 0.417 e. The molecule has 1 N–H and O–H groups in total. The molecule has 2 heterocycles. The Kier molecular flexibility index (Phi) is 5.85. The monoisotopic (exact) mass is 500 g/mol. The van der Waals surface area contributed by atoms with Crippen molar-refractivity contribution in [2.45, 2.75) is 50.2 Å². The normalized spacial score (nSPS) is 24.4. The van der Waals surface area contributed by atoms with Crippen molar-refractivity contribution in [1.29, 1.82) is 0 Å². The minimum atomic E-state index is -4.61. The molecule has 1 aliphatic carbocycles. The Morgan fingerprint density at radius 3 is 2.65 bits per heavy atom. The van der Waals surface area contributed by atoms with Gasteiger partial charge in [0.15, 0.2) is 11.6 Å². The molecule has 1 amide bonds. The molecular formula is C24H22ClF5N2O2. The van der Waals surface area contributed by atoms with E-state index in [1.807, 2.05) is 0 Å². The van der Waals surface area contributed by atoms with Crippen LogP contribution in [0.3, 0.4) is 0 Å². The fourth-order valence-electron chi connectivity index (χ4n) is 5.10. The lowest BCUT2D eigenvalue weighted by molar-refractivity contribution is -0.157. The van der Waals surface area contributed by atoms with Gasteiger partial charge in [0.05, 0.1) is 23.1 Å². The number of amides is 1. The number of fused-ring (bicyclic) bond motifs is 2. The highest BCUT2D eigenvalue weighted by atomic mass is 35.5. The Balaban J connectivity index is 1.49. The highest BCUT2D eigenvalue weighted by Gasteiger charge is 2.53. The van der Waals surface area contributed by atoms with Gasteiger partial charge in [-0.3, -0.25) is 4.79 Å². The number of carbonyl (C=O) groups excluding carboxylic acids is 1. The minimum Gasteiger partial charge on any atom is -0.365 e. The molecule has 1 saturated carbocycles. The summed E-state index contributed by atoms with van der Waals surface area (Å²) in [7, 11) is 0. The van der Waals surface area contributed by atoms with E-state index in [-0.39, 0.29) is 37.2 Å². The third kappa shape index (κ3) is 3.97. The number of hydrogen-bond acceptors (Lipinski definition) is 3. The van der Waals surface area contributed by atoms with Gasteiger partial charge >= 0.3 is 6.18 Å². The van der Waals surface area contributed by atoms with E-state index in [4.69, 9.17) is 16.3 Å². The Hall–Kier alpha value is -2.23. The van der Waals surface area contributed by atoms with Crippen molar-refractivity contribution in [2.24, 2.45) is 5.92 Å². The molecule has 1 saturated heterocycles. The van der Waals surface area contributed by atoms with Gasteiger partial charge in [0.2, 0.25) is 5.91 Å². The first kappa shape index (κ1) is 23.5. The molecule has 4 nitrogen and oxygen atoms in total. The van der Waals surface area contributed by atoms with Gasteiger partial charge < -0.3 is 15.0 Å². The lowest BCUT2D eigenvalue weighted by Crippen LogP contribution is -2.55. The smallest absolute Gasteiger partial charge is 0.365 e. The molecule has 5 rings (SSSR count). The third-order valence-corrected chi connectivity index (χ3v) is 7.41. The van der Waals surface area contributed by atoms with Crippen LogP contribution in [0.5, 0.6) is 0 Å². The average Bonchev–Trinajstić information content (AvgIpc) is 3.58. The number of rotatable bonds is 4. The summed E-state index contributed by atoms with van der Waals surface area (Å²) in [4.78, 5) is 15.4. The molecule has 3 aliphatic rings. The molecule has 1 spiro atoms. The number of carbonyl (C=O) groups is 1. The fourth-order valence-corrected chi connectivity index (χ4v) is 5.40. The predicted molar refractivity (Wildman–Crippen MR) is 114 cm³/mol. The summed E-state index contributed by atoms with van der Waals surface area (Å²) in [5.74, 6) is -3.04. The van der Waals surface area contributed by atoms with Crippen molar-refractivity contribution >= 4 is 17.5 Å². The summed E-state index contributed by atoms with van der Waals surface area (Å²) < 4.78 is 74.1. The number of piperidine rings is 1. The fraction of sp³-hybridized carbons (Fsp3) is 0.458. The number of halogens is 6. The summed E-state index contributed by atoms with van der Waals surface area (Å²) in [5, 5.41) is 2.75. The summed E-state index contributed by atoms with van der Waals surface area (Å²) in [6.45, 7) is 0.741. The highest BCUT2D eigenvalue weighted by molar-refractivity contribution is 6.32. The van der Waals surface area contributed by atoms with E-state index in [2.05, 4.69) is 5.32 Å². The number of ether oxygens (including phenoxy) is 1. The van der Waals surface area contributed by atoms with Crippen molar-refractivity contribution in [3.8, 4) is 0 Å². The molecule has 34 heavy (non-hydrogen) atoms. The van der Waals surface area contributed by atoms with E-state index in [1.165, 1.54) is 12.1 Å². The van der Waals surface area contributed by atoms with Crippen LogP contribution in [0.2, 0.25) is 5.02 Å². The molecular weight excluding hydrogens is 479 g/mol. The van der Waals surface area contributed by atoms with Crippen LogP contribution in [0, 0.1) is 17.6 Å². The van der Waals surface area contributed by atoms with Crippen LogP contribution in [-0.4, -0.2) is 29.9 Å². The average molecular weight is 501 g/mol. The van der Waals surface area contributed by atoms with Gasteiger partial charge in [0.1, 0.15) is 5.60 Å². The Morgan fingerprint density at radius 2 is 1.94 bits per heavy atom. The van der Waals surface area contributed by atoms with Gasteiger partial charge in [-0.05, 0) is 60.7 Å². The van der Waals surface area contributed by atoms with Crippen molar-refractivity contribution in [3.63, 3.8) is 0 Å². The van der Waals surface area contributed by atoms with Crippen LogP contribution >= 0.6 is 11.6 Å². The topological polar surface area (TPSA) is 41.6 Å². The van der Waals surface area contributed by atoms with Crippen molar-refractivity contribution in [1.82, 2.24) is 10.2 Å². The van der Waals surface area contributed by atoms with Crippen LogP contribution in [0.25, 0.3) is 0 Å². The number of benzene rings is 2. The first-order valence-electron chi connectivity index (χ1n) is 11.1. The third-order valence-electron chi connectivity index (χ3n) is 6.97. The van der Waals surface area contributed by atoms with Crippen LogP contribution < -0.4 is 5.32 Å². The summed E-state index contributed by atoms with van der Waals surface area (Å²) in [6.07, 6.45) is -2.77. The standard InChI is InChI=1S/C24H22ClF5N2O2/c25-21-13(2-1-3-16(21)24(28,29)30)11-32(15-4-5-15)22(33)18-10-31-7-6-23(18)17-9-20(27)19(26)8-14(17)12-34-23/h1-3,8-9,15,18,31H,4-7,10-12H2/t18?,23-/m0/s1. The lowest BCUT2D eigenvalue weighted by Gasteiger charge is -2.43. The van der Waals surface area contributed by atoms with Crippen LogP contribution in [0.1, 0.15) is 41.5 Å². The molecule has 2 fully saturated rings. The molecule has 0 radical (unpaired) electrons. The number of nitrogens with one attached hydrogen (secondary N) is 1. The zero-order valence-electron chi connectivity index (χ0n) is 18.0. The first-order chi connectivity index (χ1) is 16.1. The van der Waals surface area contributed by atoms with E-state index >= 15 is 0 Å². The maximum atomic E-state index is 14.2. The lowest BCUT2D eigenvalue weighted by atomic mass is 9.75. The second-order valence-electron chi connectivity index (χ2n) is 9.08.